The molecule has 0 spiro atoms. The topological polar surface area (TPSA) is 29.9 Å². The van der Waals surface area contributed by atoms with Gasteiger partial charge in [-0.15, -0.1) is 0 Å². The summed E-state index contributed by atoms with van der Waals surface area (Å²) in [6.07, 6.45) is 4.92. The molecule has 0 amide bonds. The van der Waals surface area contributed by atoms with Gasteiger partial charge in [-0.3, -0.25) is 0 Å². The second-order valence-electron chi connectivity index (χ2n) is 4.03. The Hall–Kier alpha value is -1.29. The maximum atomic E-state index is 4.32. The first-order valence-corrected chi connectivity index (χ1v) is 6.54. The second-order valence-corrected chi connectivity index (χ2v) is 4.89. The quantitative estimate of drug-likeness (QED) is 0.919. The monoisotopic (exact) mass is 293 g/mol. The summed E-state index contributed by atoms with van der Waals surface area (Å²) in [4.78, 5) is 4.32. The van der Waals surface area contributed by atoms with Crippen molar-refractivity contribution in [2.24, 2.45) is 0 Å². The number of anilines is 2. The minimum atomic E-state index is 0.897. The average Bonchev–Trinajstić information content (AvgIpc) is 2.72. The van der Waals surface area contributed by atoms with Crippen molar-refractivity contribution >= 4 is 27.6 Å². The SMILES string of the molecule is CCCn1ccnc1Nc1ccc(Br)c(C)c1. The zero-order chi connectivity index (χ0) is 12.3. The van der Waals surface area contributed by atoms with E-state index >= 15 is 0 Å². The van der Waals surface area contributed by atoms with Crippen LogP contribution >= 0.6 is 15.9 Å². The molecule has 0 unspecified atom stereocenters. The molecule has 0 saturated carbocycles. The lowest BCUT2D eigenvalue weighted by Gasteiger charge is -2.09. The zero-order valence-corrected chi connectivity index (χ0v) is 11.7. The molecule has 1 N–H and O–H groups in total. The zero-order valence-electron chi connectivity index (χ0n) is 10.1. The summed E-state index contributed by atoms with van der Waals surface area (Å²) in [5, 5.41) is 3.34. The molecular formula is C13H16BrN3. The van der Waals surface area contributed by atoms with Gasteiger partial charge in [0.05, 0.1) is 0 Å². The molecule has 0 aliphatic heterocycles. The van der Waals surface area contributed by atoms with Crippen molar-refractivity contribution in [2.45, 2.75) is 26.8 Å². The van der Waals surface area contributed by atoms with Gasteiger partial charge in [-0.25, -0.2) is 4.98 Å². The van der Waals surface area contributed by atoms with Crippen LogP contribution in [0.2, 0.25) is 0 Å². The van der Waals surface area contributed by atoms with Crippen molar-refractivity contribution in [3.05, 3.63) is 40.6 Å². The van der Waals surface area contributed by atoms with Crippen molar-refractivity contribution in [3.8, 4) is 0 Å². The number of imidazole rings is 1. The largest absolute Gasteiger partial charge is 0.326 e. The molecule has 3 nitrogen and oxygen atoms in total. The summed E-state index contributed by atoms with van der Waals surface area (Å²) in [5.41, 5.74) is 2.28. The maximum absolute atomic E-state index is 4.32. The first kappa shape index (κ1) is 12.2. The maximum Gasteiger partial charge on any atom is 0.207 e. The van der Waals surface area contributed by atoms with E-state index in [-0.39, 0.29) is 0 Å². The molecule has 2 aromatic rings. The molecule has 2 rings (SSSR count). The number of nitrogens with one attached hydrogen (secondary N) is 1. The van der Waals surface area contributed by atoms with Gasteiger partial charge in [0, 0.05) is 29.1 Å². The summed E-state index contributed by atoms with van der Waals surface area (Å²) in [7, 11) is 0. The molecule has 0 aliphatic carbocycles. The fraction of sp³-hybridized carbons (Fsp3) is 0.308. The van der Waals surface area contributed by atoms with E-state index < -0.39 is 0 Å². The van der Waals surface area contributed by atoms with Crippen LogP contribution in [-0.2, 0) is 6.54 Å². The van der Waals surface area contributed by atoms with Crippen LogP contribution in [0.25, 0.3) is 0 Å². The lowest BCUT2D eigenvalue weighted by molar-refractivity contribution is 0.686. The fourth-order valence-electron chi connectivity index (χ4n) is 1.71. The van der Waals surface area contributed by atoms with Crippen LogP contribution < -0.4 is 5.32 Å². The first-order valence-electron chi connectivity index (χ1n) is 5.75. The molecule has 0 saturated heterocycles. The Bertz CT molecular complexity index is 505. The number of nitrogens with zero attached hydrogens (tertiary/aromatic N) is 2. The molecule has 90 valence electrons. The highest BCUT2D eigenvalue weighted by Gasteiger charge is 2.03. The predicted molar refractivity (Wildman–Crippen MR) is 74.7 cm³/mol. The highest BCUT2D eigenvalue weighted by molar-refractivity contribution is 9.10. The molecular weight excluding hydrogens is 278 g/mol. The highest BCUT2D eigenvalue weighted by Crippen LogP contribution is 2.22. The second kappa shape index (κ2) is 5.36. The molecule has 1 aromatic heterocycles. The van der Waals surface area contributed by atoms with Gasteiger partial charge in [-0.2, -0.15) is 0 Å². The van der Waals surface area contributed by atoms with Crippen molar-refractivity contribution in [1.82, 2.24) is 9.55 Å². The van der Waals surface area contributed by atoms with Crippen molar-refractivity contribution in [2.75, 3.05) is 5.32 Å². The minimum Gasteiger partial charge on any atom is -0.326 e. The standard InChI is InChI=1S/C13H16BrN3/c1-3-7-17-8-6-15-13(17)16-11-4-5-12(14)10(2)9-11/h4-6,8-9H,3,7H2,1-2H3,(H,15,16). The van der Waals surface area contributed by atoms with Crippen molar-refractivity contribution in [1.29, 1.82) is 0 Å². The van der Waals surface area contributed by atoms with Crippen LogP contribution in [0.1, 0.15) is 18.9 Å². The van der Waals surface area contributed by atoms with Crippen molar-refractivity contribution < 1.29 is 0 Å². The van der Waals surface area contributed by atoms with Crippen LogP contribution in [-0.4, -0.2) is 9.55 Å². The van der Waals surface area contributed by atoms with Crippen LogP contribution in [0.4, 0.5) is 11.6 Å². The van der Waals surface area contributed by atoms with Crippen LogP contribution in [0.5, 0.6) is 0 Å². The van der Waals surface area contributed by atoms with Gasteiger partial charge in [0.15, 0.2) is 0 Å². The average molecular weight is 294 g/mol. The normalized spacial score (nSPS) is 10.5. The Kier molecular flexibility index (Phi) is 3.84. The number of hydrogen-bond acceptors (Lipinski definition) is 2. The van der Waals surface area contributed by atoms with E-state index in [1.165, 1.54) is 5.56 Å². The molecule has 0 aliphatic rings. The minimum absolute atomic E-state index is 0.897. The molecule has 17 heavy (non-hydrogen) atoms. The van der Waals surface area contributed by atoms with Crippen LogP contribution in [0.15, 0.2) is 35.1 Å². The third-order valence-corrected chi connectivity index (χ3v) is 3.48. The number of aromatic nitrogens is 2. The van der Waals surface area contributed by atoms with Crippen LogP contribution in [0, 0.1) is 6.92 Å². The predicted octanol–water partition coefficient (Wildman–Crippen LogP) is 4.11. The summed E-state index contributed by atoms with van der Waals surface area (Å²) in [6, 6.07) is 6.20. The molecule has 0 radical (unpaired) electrons. The lowest BCUT2D eigenvalue weighted by atomic mass is 10.2. The highest BCUT2D eigenvalue weighted by atomic mass is 79.9. The van der Waals surface area contributed by atoms with E-state index in [4.69, 9.17) is 0 Å². The first-order chi connectivity index (χ1) is 8.20. The Labute approximate surface area is 110 Å². The van der Waals surface area contributed by atoms with E-state index in [1.807, 2.05) is 24.5 Å². The van der Waals surface area contributed by atoms with Gasteiger partial charge in [0.25, 0.3) is 0 Å². The third-order valence-electron chi connectivity index (χ3n) is 2.59. The van der Waals surface area contributed by atoms with E-state index in [0.29, 0.717) is 0 Å². The fourth-order valence-corrected chi connectivity index (χ4v) is 1.95. The molecule has 0 atom stereocenters. The van der Waals surface area contributed by atoms with Gasteiger partial charge in [-0.05, 0) is 37.1 Å². The Morgan fingerprint density at radius 3 is 2.94 bits per heavy atom. The van der Waals surface area contributed by atoms with Gasteiger partial charge in [0.1, 0.15) is 0 Å². The van der Waals surface area contributed by atoms with Gasteiger partial charge in [0.2, 0.25) is 5.95 Å². The molecule has 1 heterocycles. The summed E-state index contributed by atoms with van der Waals surface area (Å²) >= 11 is 3.50. The smallest absolute Gasteiger partial charge is 0.207 e. The Morgan fingerprint density at radius 2 is 2.24 bits per heavy atom. The lowest BCUT2D eigenvalue weighted by Crippen LogP contribution is -2.02. The molecule has 0 bridgehead atoms. The molecule has 1 aromatic carbocycles. The molecule has 4 heteroatoms. The number of rotatable bonds is 4. The number of aryl methyl sites for hydroxylation is 2. The number of benzene rings is 1. The Morgan fingerprint density at radius 1 is 1.41 bits per heavy atom. The van der Waals surface area contributed by atoms with Gasteiger partial charge < -0.3 is 9.88 Å². The van der Waals surface area contributed by atoms with E-state index in [2.05, 4.69) is 50.7 Å². The summed E-state index contributed by atoms with van der Waals surface area (Å²) in [6.45, 7) is 5.22. The summed E-state index contributed by atoms with van der Waals surface area (Å²) < 4.78 is 3.25. The van der Waals surface area contributed by atoms with Gasteiger partial charge >= 0.3 is 0 Å². The molecule has 0 fully saturated rings. The summed E-state index contributed by atoms with van der Waals surface area (Å²) in [5.74, 6) is 0.897. The van der Waals surface area contributed by atoms with Crippen LogP contribution in [0.3, 0.4) is 0 Å². The Balaban J connectivity index is 2.19. The number of hydrogen-bond donors (Lipinski definition) is 1. The van der Waals surface area contributed by atoms with E-state index in [9.17, 15) is 0 Å². The van der Waals surface area contributed by atoms with E-state index in [1.54, 1.807) is 0 Å². The number of halogens is 1. The van der Waals surface area contributed by atoms with E-state index in [0.717, 1.165) is 29.1 Å². The third kappa shape index (κ3) is 2.88. The van der Waals surface area contributed by atoms with Gasteiger partial charge in [-0.1, -0.05) is 22.9 Å². The van der Waals surface area contributed by atoms with Crippen molar-refractivity contribution in [3.63, 3.8) is 0 Å².